The van der Waals surface area contributed by atoms with Crippen LogP contribution in [0, 0.1) is 12.3 Å². The highest BCUT2D eigenvalue weighted by atomic mass is 14.9. The average Bonchev–Trinajstić information content (AvgIpc) is 1.88. The largest absolute Gasteiger partial charge is 0.382 e. The molecule has 1 aromatic rings. The molecule has 3 heteroatoms. The number of nitrogen functional groups attached to an aromatic ring is 1. The topological polar surface area (TPSA) is 51.8 Å². The van der Waals surface area contributed by atoms with Crippen LogP contribution in [0.3, 0.4) is 0 Å². The molecular weight excluding hydrogens is 114 g/mol. The zero-order chi connectivity index (χ0) is 6.69. The second kappa shape index (κ2) is 2.14. The van der Waals surface area contributed by atoms with Gasteiger partial charge in [-0.15, -0.1) is 6.42 Å². The van der Waals surface area contributed by atoms with E-state index in [4.69, 9.17) is 12.2 Å². The number of hydrogen-bond acceptors (Lipinski definition) is 3. The lowest BCUT2D eigenvalue weighted by atomic mass is 10.5. The first-order valence-electron chi connectivity index (χ1n) is 2.37. The van der Waals surface area contributed by atoms with Gasteiger partial charge in [-0.2, -0.15) is 0 Å². The van der Waals surface area contributed by atoms with Crippen molar-refractivity contribution < 1.29 is 0 Å². The molecule has 44 valence electrons. The quantitative estimate of drug-likeness (QED) is 0.490. The van der Waals surface area contributed by atoms with Crippen LogP contribution in [0.15, 0.2) is 12.4 Å². The van der Waals surface area contributed by atoms with Gasteiger partial charge >= 0.3 is 0 Å². The summed E-state index contributed by atoms with van der Waals surface area (Å²) in [5.74, 6) is 2.67. The minimum Gasteiger partial charge on any atom is -0.382 e. The van der Waals surface area contributed by atoms with Crippen molar-refractivity contribution in [1.82, 2.24) is 9.97 Å². The van der Waals surface area contributed by atoms with Crippen molar-refractivity contribution in [2.45, 2.75) is 0 Å². The summed E-state index contributed by atoms with van der Waals surface area (Å²) in [6.45, 7) is 0. The van der Waals surface area contributed by atoms with Crippen LogP contribution in [0.25, 0.3) is 0 Å². The Morgan fingerprint density at radius 2 is 2.33 bits per heavy atom. The number of rotatable bonds is 0. The highest BCUT2D eigenvalue weighted by molar-refractivity contribution is 5.30. The maximum atomic E-state index is 5.26. The molecule has 0 aliphatic heterocycles. The van der Waals surface area contributed by atoms with Gasteiger partial charge in [0.25, 0.3) is 0 Å². The van der Waals surface area contributed by atoms with Gasteiger partial charge in [-0.1, -0.05) is 0 Å². The summed E-state index contributed by atoms with van der Waals surface area (Å²) >= 11 is 0. The fourth-order valence-corrected chi connectivity index (χ4v) is 0.451. The molecule has 0 amide bonds. The molecule has 0 aliphatic rings. The monoisotopic (exact) mass is 119 g/mol. The second-order valence-electron chi connectivity index (χ2n) is 1.47. The molecule has 0 atom stereocenters. The van der Waals surface area contributed by atoms with Gasteiger partial charge in [0.1, 0.15) is 11.5 Å². The minimum absolute atomic E-state index is 0.352. The van der Waals surface area contributed by atoms with E-state index in [0.29, 0.717) is 11.5 Å². The summed E-state index contributed by atoms with van der Waals surface area (Å²) in [7, 11) is 0. The number of anilines is 1. The SMILES string of the molecule is C#Cc1cncc(N)n1. The summed E-state index contributed by atoms with van der Waals surface area (Å²) in [5.41, 5.74) is 5.73. The van der Waals surface area contributed by atoms with Crippen molar-refractivity contribution >= 4 is 5.82 Å². The van der Waals surface area contributed by atoms with E-state index >= 15 is 0 Å². The van der Waals surface area contributed by atoms with Crippen LogP contribution in [0.4, 0.5) is 5.82 Å². The normalized spacial score (nSPS) is 8.33. The lowest BCUT2D eigenvalue weighted by Gasteiger charge is -1.89. The van der Waals surface area contributed by atoms with Gasteiger partial charge in [-0.3, -0.25) is 4.98 Å². The fourth-order valence-electron chi connectivity index (χ4n) is 0.451. The molecule has 0 bridgehead atoms. The molecule has 0 aromatic carbocycles. The van der Waals surface area contributed by atoms with Crippen LogP contribution in [-0.4, -0.2) is 9.97 Å². The fraction of sp³-hybridized carbons (Fsp3) is 0. The molecule has 0 aliphatic carbocycles. The third-order valence-electron chi connectivity index (χ3n) is 0.801. The molecule has 1 heterocycles. The van der Waals surface area contributed by atoms with Crippen molar-refractivity contribution in [1.29, 1.82) is 0 Å². The first-order chi connectivity index (χ1) is 4.33. The van der Waals surface area contributed by atoms with E-state index in [9.17, 15) is 0 Å². The second-order valence-corrected chi connectivity index (χ2v) is 1.47. The van der Waals surface area contributed by atoms with Crippen molar-refractivity contribution in [2.75, 3.05) is 5.73 Å². The number of aromatic nitrogens is 2. The molecule has 0 fully saturated rings. The van der Waals surface area contributed by atoms with E-state index in [1.807, 2.05) is 0 Å². The van der Waals surface area contributed by atoms with E-state index in [1.165, 1.54) is 12.4 Å². The van der Waals surface area contributed by atoms with Gasteiger partial charge in [-0.25, -0.2) is 4.98 Å². The van der Waals surface area contributed by atoms with Crippen LogP contribution < -0.4 is 5.73 Å². The first kappa shape index (κ1) is 5.57. The Morgan fingerprint density at radius 1 is 1.56 bits per heavy atom. The molecule has 0 radical (unpaired) electrons. The van der Waals surface area contributed by atoms with Crippen LogP contribution >= 0.6 is 0 Å². The Balaban J connectivity index is 3.12. The minimum atomic E-state index is 0.352. The Kier molecular flexibility index (Phi) is 1.32. The molecule has 0 saturated heterocycles. The van der Waals surface area contributed by atoms with E-state index < -0.39 is 0 Å². The average molecular weight is 119 g/mol. The van der Waals surface area contributed by atoms with Crippen molar-refractivity contribution in [3.63, 3.8) is 0 Å². The third-order valence-corrected chi connectivity index (χ3v) is 0.801. The Labute approximate surface area is 52.9 Å². The Bertz CT molecular complexity index is 249. The van der Waals surface area contributed by atoms with Crippen LogP contribution in [-0.2, 0) is 0 Å². The Hall–Kier alpha value is -1.56. The molecule has 1 rings (SSSR count). The number of hydrogen-bond donors (Lipinski definition) is 1. The molecule has 1 aromatic heterocycles. The van der Waals surface area contributed by atoms with Gasteiger partial charge in [0.2, 0.25) is 0 Å². The highest BCUT2D eigenvalue weighted by Crippen LogP contribution is 1.93. The summed E-state index contributed by atoms with van der Waals surface area (Å²) in [5, 5.41) is 0. The maximum absolute atomic E-state index is 5.26. The van der Waals surface area contributed by atoms with E-state index in [-0.39, 0.29) is 0 Å². The van der Waals surface area contributed by atoms with E-state index in [0.717, 1.165) is 0 Å². The Morgan fingerprint density at radius 3 is 2.78 bits per heavy atom. The molecule has 9 heavy (non-hydrogen) atoms. The van der Waals surface area contributed by atoms with Gasteiger partial charge in [0, 0.05) is 0 Å². The molecule has 0 spiro atoms. The molecule has 2 N–H and O–H groups in total. The van der Waals surface area contributed by atoms with Crippen molar-refractivity contribution in [3.8, 4) is 12.3 Å². The van der Waals surface area contributed by atoms with Crippen LogP contribution in [0.2, 0.25) is 0 Å². The lowest BCUT2D eigenvalue weighted by molar-refractivity contribution is 1.19. The number of nitrogens with two attached hydrogens (primary N) is 1. The zero-order valence-corrected chi connectivity index (χ0v) is 4.70. The maximum Gasteiger partial charge on any atom is 0.143 e. The standard InChI is InChI=1S/C6H5N3/c1-2-5-3-8-4-6(7)9-5/h1,3-4H,(H2,7,9). The van der Waals surface area contributed by atoms with Crippen molar-refractivity contribution in [3.05, 3.63) is 18.1 Å². The molecule has 3 nitrogen and oxygen atoms in total. The first-order valence-corrected chi connectivity index (χ1v) is 2.37. The van der Waals surface area contributed by atoms with Gasteiger partial charge in [0.15, 0.2) is 0 Å². The van der Waals surface area contributed by atoms with E-state index in [1.54, 1.807) is 0 Å². The third kappa shape index (κ3) is 1.16. The van der Waals surface area contributed by atoms with Gasteiger partial charge < -0.3 is 5.73 Å². The van der Waals surface area contributed by atoms with Gasteiger partial charge in [0.05, 0.1) is 12.4 Å². The predicted octanol–water partition coefficient (Wildman–Crippen LogP) is 0.0401. The summed E-state index contributed by atoms with van der Waals surface area (Å²) in [6, 6.07) is 0. The molecule has 0 unspecified atom stereocenters. The smallest absolute Gasteiger partial charge is 0.143 e. The molecular formula is C6H5N3. The lowest BCUT2D eigenvalue weighted by Crippen LogP contribution is -1.92. The number of nitrogens with zero attached hydrogens (tertiary/aromatic N) is 2. The molecule has 0 saturated carbocycles. The zero-order valence-electron chi connectivity index (χ0n) is 4.70. The van der Waals surface area contributed by atoms with Crippen LogP contribution in [0.5, 0.6) is 0 Å². The summed E-state index contributed by atoms with van der Waals surface area (Å²) in [6.07, 6.45) is 7.94. The van der Waals surface area contributed by atoms with Gasteiger partial charge in [-0.05, 0) is 5.92 Å². The summed E-state index contributed by atoms with van der Waals surface area (Å²) < 4.78 is 0. The van der Waals surface area contributed by atoms with Crippen molar-refractivity contribution in [2.24, 2.45) is 0 Å². The predicted molar refractivity (Wildman–Crippen MR) is 34.4 cm³/mol. The highest BCUT2D eigenvalue weighted by Gasteiger charge is 1.87. The van der Waals surface area contributed by atoms with E-state index in [2.05, 4.69) is 15.9 Å². The number of terminal acetylenes is 1. The van der Waals surface area contributed by atoms with Crippen LogP contribution in [0.1, 0.15) is 5.69 Å². The summed E-state index contributed by atoms with van der Waals surface area (Å²) in [4.78, 5) is 7.50.